The van der Waals surface area contributed by atoms with E-state index in [-0.39, 0.29) is 6.04 Å². The van der Waals surface area contributed by atoms with Crippen LogP contribution in [-0.2, 0) is 6.42 Å². The van der Waals surface area contributed by atoms with Crippen molar-refractivity contribution in [1.29, 1.82) is 0 Å². The number of benzene rings is 1. The Morgan fingerprint density at radius 3 is 2.32 bits per heavy atom. The molecule has 0 amide bonds. The molecule has 100 valence electrons. The zero-order valence-corrected chi connectivity index (χ0v) is 11.5. The molecule has 0 fully saturated rings. The molecule has 0 saturated heterocycles. The first-order valence-corrected chi connectivity index (χ1v) is 6.67. The predicted octanol–water partition coefficient (Wildman–Crippen LogP) is 3.85. The minimum atomic E-state index is -0.0534. The number of nitrogens with zero attached hydrogens (tertiary/aromatic N) is 1. The predicted molar refractivity (Wildman–Crippen MR) is 77.4 cm³/mol. The summed E-state index contributed by atoms with van der Waals surface area (Å²) in [5.41, 5.74) is 7.96. The van der Waals surface area contributed by atoms with E-state index < -0.39 is 0 Å². The number of ether oxygens (including phenoxy) is 1. The normalized spacial score (nSPS) is 12.2. The van der Waals surface area contributed by atoms with Crippen molar-refractivity contribution in [3.8, 4) is 11.5 Å². The molecule has 0 aliphatic heterocycles. The number of nitrogens with two attached hydrogens (primary N) is 1. The Bertz CT molecular complexity index is 503. The van der Waals surface area contributed by atoms with Crippen LogP contribution in [0, 0.1) is 0 Å². The molecule has 1 aromatic carbocycles. The number of rotatable bonds is 5. The molecule has 0 aliphatic rings. The lowest BCUT2D eigenvalue weighted by Crippen LogP contribution is -2.06. The first-order chi connectivity index (χ1) is 9.19. The maximum absolute atomic E-state index is 5.76. The Hall–Kier alpha value is -1.87. The number of aryl methyl sites for hydroxylation is 1. The Labute approximate surface area is 114 Å². The average Bonchev–Trinajstić information content (AvgIpc) is 2.42. The van der Waals surface area contributed by atoms with Gasteiger partial charge in [-0.15, -0.1) is 0 Å². The van der Waals surface area contributed by atoms with Crippen LogP contribution in [0.25, 0.3) is 0 Å². The minimum Gasteiger partial charge on any atom is -0.456 e. The molecule has 2 N–H and O–H groups in total. The van der Waals surface area contributed by atoms with Crippen LogP contribution in [0.3, 0.4) is 0 Å². The van der Waals surface area contributed by atoms with Gasteiger partial charge in [-0.05, 0) is 43.2 Å². The topological polar surface area (TPSA) is 48.1 Å². The molecule has 0 radical (unpaired) electrons. The highest BCUT2D eigenvalue weighted by molar-refractivity contribution is 5.32. The van der Waals surface area contributed by atoms with E-state index >= 15 is 0 Å². The fourth-order valence-corrected chi connectivity index (χ4v) is 1.87. The molecule has 1 aromatic heterocycles. The van der Waals surface area contributed by atoms with E-state index in [4.69, 9.17) is 10.5 Å². The zero-order chi connectivity index (χ0) is 13.7. The molecule has 3 nitrogen and oxygen atoms in total. The lowest BCUT2D eigenvalue weighted by Gasteiger charge is -2.08. The van der Waals surface area contributed by atoms with E-state index in [0.717, 1.165) is 30.0 Å². The Balaban J connectivity index is 2.04. The van der Waals surface area contributed by atoms with Gasteiger partial charge >= 0.3 is 0 Å². The lowest BCUT2D eigenvalue weighted by atomic mass is 10.1. The van der Waals surface area contributed by atoms with E-state index in [2.05, 4.69) is 24.0 Å². The molecule has 1 heterocycles. The van der Waals surface area contributed by atoms with Gasteiger partial charge in [0.25, 0.3) is 0 Å². The molecule has 0 aliphatic carbocycles. The molecular formula is C16H20N2O. The second-order valence-corrected chi connectivity index (χ2v) is 4.70. The number of hydrogen-bond donors (Lipinski definition) is 1. The van der Waals surface area contributed by atoms with Crippen molar-refractivity contribution < 1.29 is 4.74 Å². The molecule has 0 bridgehead atoms. The van der Waals surface area contributed by atoms with Crippen molar-refractivity contribution >= 4 is 0 Å². The van der Waals surface area contributed by atoms with Crippen LogP contribution in [-0.4, -0.2) is 4.98 Å². The van der Waals surface area contributed by atoms with Crippen LogP contribution >= 0.6 is 0 Å². The summed E-state index contributed by atoms with van der Waals surface area (Å²) < 4.78 is 5.74. The number of pyridine rings is 1. The third kappa shape index (κ3) is 3.80. The highest BCUT2D eigenvalue weighted by Crippen LogP contribution is 2.22. The van der Waals surface area contributed by atoms with Gasteiger partial charge in [-0.2, -0.15) is 0 Å². The van der Waals surface area contributed by atoms with Crippen LogP contribution in [0.15, 0.2) is 42.6 Å². The quantitative estimate of drug-likeness (QED) is 0.884. The summed E-state index contributed by atoms with van der Waals surface area (Å²) in [4.78, 5) is 4.27. The van der Waals surface area contributed by atoms with Crippen molar-refractivity contribution in [1.82, 2.24) is 4.98 Å². The molecule has 2 rings (SSSR count). The summed E-state index contributed by atoms with van der Waals surface area (Å²) in [6.07, 6.45) is 3.96. The first-order valence-electron chi connectivity index (χ1n) is 6.67. The van der Waals surface area contributed by atoms with Gasteiger partial charge in [0.1, 0.15) is 11.5 Å². The summed E-state index contributed by atoms with van der Waals surface area (Å²) >= 11 is 0. The van der Waals surface area contributed by atoms with Gasteiger partial charge in [0.05, 0.1) is 11.9 Å². The second-order valence-electron chi connectivity index (χ2n) is 4.70. The Morgan fingerprint density at radius 2 is 1.79 bits per heavy atom. The van der Waals surface area contributed by atoms with Crippen molar-refractivity contribution in [2.24, 2.45) is 5.73 Å². The monoisotopic (exact) mass is 256 g/mol. The van der Waals surface area contributed by atoms with Crippen LogP contribution in [0.1, 0.15) is 37.6 Å². The SMILES string of the molecule is CCCc1ccc(Oc2ccc([C@H](C)N)nc2)cc1. The van der Waals surface area contributed by atoms with Crippen molar-refractivity contribution in [2.75, 3.05) is 0 Å². The maximum atomic E-state index is 5.76. The third-order valence-corrected chi connectivity index (χ3v) is 2.92. The van der Waals surface area contributed by atoms with E-state index in [1.165, 1.54) is 5.56 Å². The van der Waals surface area contributed by atoms with Gasteiger partial charge in [0.15, 0.2) is 0 Å². The van der Waals surface area contributed by atoms with Gasteiger partial charge in [-0.25, -0.2) is 0 Å². The standard InChI is InChI=1S/C16H20N2O/c1-3-4-13-5-7-14(8-6-13)19-15-9-10-16(12(2)17)18-11-15/h5-12H,3-4,17H2,1-2H3/t12-/m0/s1. The van der Waals surface area contributed by atoms with E-state index in [0.29, 0.717) is 0 Å². The molecular weight excluding hydrogens is 236 g/mol. The number of aromatic nitrogens is 1. The van der Waals surface area contributed by atoms with Crippen LogP contribution in [0.2, 0.25) is 0 Å². The maximum Gasteiger partial charge on any atom is 0.145 e. The van der Waals surface area contributed by atoms with Crippen molar-refractivity contribution in [2.45, 2.75) is 32.7 Å². The Kier molecular flexibility index (Phi) is 4.53. The Morgan fingerprint density at radius 1 is 1.11 bits per heavy atom. The summed E-state index contributed by atoms with van der Waals surface area (Å²) in [5.74, 6) is 1.56. The molecule has 0 unspecified atom stereocenters. The van der Waals surface area contributed by atoms with E-state index in [1.54, 1.807) is 6.20 Å². The first kappa shape index (κ1) is 13.6. The van der Waals surface area contributed by atoms with Gasteiger partial charge in [0, 0.05) is 6.04 Å². The average molecular weight is 256 g/mol. The molecule has 1 atom stereocenters. The van der Waals surface area contributed by atoms with Gasteiger partial charge in [-0.3, -0.25) is 4.98 Å². The fraction of sp³-hybridized carbons (Fsp3) is 0.312. The second kappa shape index (κ2) is 6.34. The highest BCUT2D eigenvalue weighted by Gasteiger charge is 2.02. The van der Waals surface area contributed by atoms with Crippen LogP contribution < -0.4 is 10.5 Å². The van der Waals surface area contributed by atoms with Crippen molar-refractivity contribution in [3.63, 3.8) is 0 Å². The van der Waals surface area contributed by atoms with Crippen molar-refractivity contribution in [3.05, 3.63) is 53.9 Å². The smallest absolute Gasteiger partial charge is 0.145 e. The van der Waals surface area contributed by atoms with Gasteiger partial charge in [0.2, 0.25) is 0 Å². The summed E-state index contributed by atoms with van der Waals surface area (Å²) in [7, 11) is 0. The molecule has 2 aromatic rings. The summed E-state index contributed by atoms with van der Waals surface area (Å²) in [5, 5.41) is 0. The number of hydrogen-bond acceptors (Lipinski definition) is 3. The van der Waals surface area contributed by atoms with E-state index in [9.17, 15) is 0 Å². The molecule has 0 spiro atoms. The molecule has 19 heavy (non-hydrogen) atoms. The van der Waals surface area contributed by atoms with Crippen LogP contribution in [0.5, 0.6) is 11.5 Å². The van der Waals surface area contributed by atoms with Gasteiger partial charge < -0.3 is 10.5 Å². The molecule has 3 heteroatoms. The molecule has 0 saturated carbocycles. The largest absolute Gasteiger partial charge is 0.456 e. The van der Waals surface area contributed by atoms with Gasteiger partial charge in [-0.1, -0.05) is 25.5 Å². The summed E-state index contributed by atoms with van der Waals surface area (Å²) in [6.45, 7) is 4.09. The van der Waals surface area contributed by atoms with Crippen LogP contribution in [0.4, 0.5) is 0 Å². The van der Waals surface area contributed by atoms with E-state index in [1.807, 2.05) is 31.2 Å². The summed E-state index contributed by atoms with van der Waals surface area (Å²) in [6, 6.07) is 11.9. The minimum absolute atomic E-state index is 0.0534. The lowest BCUT2D eigenvalue weighted by molar-refractivity contribution is 0.479. The highest BCUT2D eigenvalue weighted by atomic mass is 16.5. The third-order valence-electron chi connectivity index (χ3n) is 2.92. The zero-order valence-electron chi connectivity index (χ0n) is 11.5. The fourth-order valence-electron chi connectivity index (χ4n) is 1.87.